The number of benzene rings is 1. The number of fused-ring (bicyclic) bond motifs is 1. The molecule has 19 heavy (non-hydrogen) atoms. The second-order valence-electron chi connectivity index (χ2n) is 4.84. The van der Waals surface area contributed by atoms with Crippen molar-refractivity contribution in [1.29, 1.82) is 0 Å². The van der Waals surface area contributed by atoms with E-state index in [9.17, 15) is 9.90 Å². The van der Waals surface area contributed by atoms with Crippen molar-refractivity contribution in [1.82, 2.24) is 10.2 Å². The zero-order valence-corrected chi connectivity index (χ0v) is 10.7. The van der Waals surface area contributed by atoms with Crippen LogP contribution in [0.2, 0.25) is 0 Å². The first kappa shape index (κ1) is 11.9. The first-order chi connectivity index (χ1) is 9.18. The van der Waals surface area contributed by atoms with Crippen LogP contribution in [0.4, 0.5) is 5.82 Å². The quantitative estimate of drug-likeness (QED) is 0.891. The maximum absolute atomic E-state index is 11.3. The number of hydrogen-bond acceptors (Lipinski definition) is 4. The Balaban J connectivity index is 2.15. The van der Waals surface area contributed by atoms with Crippen LogP contribution in [-0.2, 0) is 4.79 Å². The molecule has 0 spiro atoms. The van der Waals surface area contributed by atoms with Crippen LogP contribution in [0.3, 0.4) is 0 Å². The van der Waals surface area contributed by atoms with Gasteiger partial charge in [0, 0.05) is 17.3 Å². The first-order valence-electron chi connectivity index (χ1n) is 6.40. The third kappa shape index (κ3) is 1.91. The smallest absolute Gasteiger partial charge is 0.326 e. The molecule has 3 rings (SSSR count). The molecule has 0 saturated carbocycles. The van der Waals surface area contributed by atoms with Gasteiger partial charge in [0.05, 0.1) is 5.69 Å². The zero-order valence-electron chi connectivity index (χ0n) is 10.7. The summed E-state index contributed by atoms with van der Waals surface area (Å²) in [6.45, 7) is 2.64. The first-order valence-corrected chi connectivity index (χ1v) is 6.40. The van der Waals surface area contributed by atoms with Gasteiger partial charge in [0.1, 0.15) is 6.04 Å². The van der Waals surface area contributed by atoms with Gasteiger partial charge in [0.15, 0.2) is 5.82 Å². The monoisotopic (exact) mass is 257 g/mol. The molecule has 2 aromatic rings. The van der Waals surface area contributed by atoms with Crippen LogP contribution in [0.1, 0.15) is 18.5 Å². The Kier molecular flexibility index (Phi) is 2.81. The van der Waals surface area contributed by atoms with E-state index in [-0.39, 0.29) is 0 Å². The van der Waals surface area contributed by atoms with E-state index in [0.717, 1.165) is 29.4 Å². The van der Waals surface area contributed by atoms with Gasteiger partial charge in [-0.2, -0.15) is 5.10 Å². The third-order valence-corrected chi connectivity index (χ3v) is 3.66. The number of carbonyl (C=O) groups is 1. The summed E-state index contributed by atoms with van der Waals surface area (Å²) in [6.07, 6.45) is 1.54. The maximum Gasteiger partial charge on any atom is 0.326 e. The molecule has 1 unspecified atom stereocenters. The molecule has 0 radical (unpaired) electrons. The van der Waals surface area contributed by atoms with Gasteiger partial charge >= 0.3 is 5.97 Å². The highest BCUT2D eigenvalue weighted by molar-refractivity contribution is 5.95. The van der Waals surface area contributed by atoms with Crippen molar-refractivity contribution in [2.24, 2.45) is 0 Å². The molecule has 1 saturated heterocycles. The standard InChI is InChI=1S/C14H15N3O2/c1-9-10-5-2-3-6-11(10)13(16-15-9)17-8-4-7-12(17)14(18)19/h2-3,5-6,12H,4,7-8H2,1H3,(H,18,19). The van der Waals surface area contributed by atoms with Crippen LogP contribution in [0, 0.1) is 6.92 Å². The Hall–Kier alpha value is -2.17. The van der Waals surface area contributed by atoms with Crippen molar-refractivity contribution < 1.29 is 9.90 Å². The van der Waals surface area contributed by atoms with E-state index in [4.69, 9.17) is 0 Å². The summed E-state index contributed by atoms with van der Waals surface area (Å²) in [4.78, 5) is 13.2. The van der Waals surface area contributed by atoms with E-state index in [0.29, 0.717) is 12.2 Å². The minimum Gasteiger partial charge on any atom is -0.480 e. The highest BCUT2D eigenvalue weighted by Crippen LogP contribution is 2.30. The fraction of sp³-hybridized carbons (Fsp3) is 0.357. The fourth-order valence-electron chi connectivity index (χ4n) is 2.71. The molecule has 0 bridgehead atoms. The lowest BCUT2D eigenvalue weighted by atomic mass is 10.1. The SMILES string of the molecule is Cc1nnc(N2CCCC2C(=O)O)c2ccccc12. The number of hydrogen-bond donors (Lipinski definition) is 1. The van der Waals surface area contributed by atoms with Crippen molar-refractivity contribution in [3.8, 4) is 0 Å². The molecule has 5 nitrogen and oxygen atoms in total. The topological polar surface area (TPSA) is 66.3 Å². The van der Waals surface area contributed by atoms with Gasteiger partial charge in [-0.15, -0.1) is 5.10 Å². The second kappa shape index (κ2) is 4.50. The Morgan fingerprint density at radius 2 is 2.05 bits per heavy atom. The van der Waals surface area contributed by atoms with Crippen molar-refractivity contribution in [2.45, 2.75) is 25.8 Å². The van der Waals surface area contributed by atoms with Crippen molar-refractivity contribution in [3.63, 3.8) is 0 Å². The van der Waals surface area contributed by atoms with Gasteiger partial charge in [-0.25, -0.2) is 4.79 Å². The fourth-order valence-corrected chi connectivity index (χ4v) is 2.71. The lowest BCUT2D eigenvalue weighted by Crippen LogP contribution is -2.36. The van der Waals surface area contributed by atoms with Crippen LogP contribution in [0.15, 0.2) is 24.3 Å². The predicted octanol–water partition coefficient (Wildman–Crippen LogP) is 1.99. The number of aryl methyl sites for hydroxylation is 1. The summed E-state index contributed by atoms with van der Waals surface area (Å²) in [6, 6.07) is 7.39. The molecule has 1 aromatic carbocycles. The van der Waals surface area contributed by atoms with E-state index in [2.05, 4.69) is 10.2 Å². The van der Waals surface area contributed by atoms with E-state index < -0.39 is 12.0 Å². The molecule has 0 amide bonds. The number of rotatable bonds is 2. The molecule has 5 heteroatoms. The number of carboxylic acids is 1. The van der Waals surface area contributed by atoms with Crippen molar-refractivity contribution >= 4 is 22.6 Å². The Labute approximate surface area is 110 Å². The van der Waals surface area contributed by atoms with Crippen LogP contribution in [-0.4, -0.2) is 33.9 Å². The van der Waals surface area contributed by atoms with Crippen LogP contribution >= 0.6 is 0 Å². The van der Waals surface area contributed by atoms with Crippen LogP contribution in [0.25, 0.3) is 10.8 Å². The molecule has 98 valence electrons. The van der Waals surface area contributed by atoms with Gasteiger partial charge in [-0.3, -0.25) is 0 Å². The van der Waals surface area contributed by atoms with Gasteiger partial charge < -0.3 is 10.0 Å². The molecule has 1 aromatic heterocycles. The second-order valence-corrected chi connectivity index (χ2v) is 4.84. The molecule has 2 heterocycles. The lowest BCUT2D eigenvalue weighted by Gasteiger charge is -2.23. The molecule has 1 aliphatic rings. The zero-order chi connectivity index (χ0) is 13.4. The van der Waals surface area contributed by atoms with Gasteiger partial charge in [-0.05, 0) is 19.8 Å². The third-order valence-electron chi connectivity index (χ3n) is 3.66. The Morgan fingerprint density at radius 3 is 2.79 bits per heavy atom. The van der Waals surface area contributed by atoms with Crippen LogP contribution < -0.4 is 4.90 Å². The average molecular weight is 257 g/mol. The molecule has 1 fully saturated rings. The number of nitrogens with zero attached hydrogens (tertiary/aromatic N) is 3. The van der Waals surface area contributed by atoms with Crippen molar-refractivity contribution in [3.05, 3.63) is 30.0 Å². The van der Waals surface area contributed by atoms with E-state index >= 15 is 0 Å². The summed E-state index contributed by atoms with van der Waals surface area (Å²) in [5.41, 5.74) is 0.866. The molecular formula is C14H15N3O2. The number of aliphatic carboxylic acids is 1. The summed E-state index contributed by atoms with van der Waals surface area (Å²) in [5.74, 6) is -0.102. The van der Waals surface area contributed by atoms with E-state index in [1.165, 1.54) is 0 Å². The Morgan fingerprint density at radius 1 is 1.32 bits per heavy atom. The molecule has 1 N–H and O–H groups in total. The molecule has 0 aliphatic carbocycles. The highest BCUT2D eigenvalue weighted by Gasteiger charge is 2.32. The number of carboxylic acid groups (broad SMARTS) is 1. The maximum atomic E-state index is 11.3. The highest BCUT2D eigenvalue weighted by atomic mass is 16.4. The summed E-state index contributed by atoms with van der Waals surface area (Å²) >= 11 is 0. The van der Waals surface area contributed by atoms with E-state index in [1.54, 1.807) is 0 Å². The minimum atomic E-state index is -0.788. The average Bonchev–Trinajstić information content (AvgIpc) is 2.89. The predicted molar refractivity (Wildman–Crippen MR) is 72.3 cm³/mol. The summed E-state index contributed by atoms with van der Waals surface area (Å²) in [7, 11) is 0. The van der Waals surface area contributed by atoms with Gasteiger partial charge in [0.25, 0.3) is 0 Å². The van der Waals surface area contributed by atoms with Gasteiger partial charge in [0.2, 0.25) is 0 Å². The number of anilines is 1. The van der Waals surface area contributed by atoms with E-state index in [1.807, 2.05) is 36.1 Å². The summed E-state index contributed by atoms with van der Waals surface area (Å²) < 4.78 is 0. The molecular weight excluding hydrogens is 242 g/mol. The largest absolute Gasteiger partial charge is 0.480 e. The number of aromatic nitrogens is 2. The van der Waals surface area contributed by atoms with Gasteiger partial charge in [-0.1, -0.05) is 24.3 Å². The Bertz CT molecular complexity index is 642. The molecule has 1 atom stereocenters. The molecule has 1 aliphatic heterocycles. The minimum absolute atomic E-state index is 0.486. The van der Waals surface area contributed by atoms with Crippen molar-refractivity contribution in [2.75, 3.05) is 11.4 Å². The summed E-state index contributed by atoms with van der Waals surface area (Å²) in [5, 5.41) is 19.7. The normalized spacial score (nSPS) is 19.0. The lowest BCUT2D eigenvalue weighted by molar-refractivity contribution is -0.138. The van der Waals surface area contributed by atoms with Crippen LogP contribution in [0.5, 0.6) is 0 Å².